The molecule has 0 aromatic heterocycles. The van der Waals surface area contributed by atoms with Crippen molar-refractivity contribution < 1.29 is 18.6 Å². The van der Waals surface area contributed by atoms with E-state index in [9.17, 15) is 9.00 Å². The van der Waals surface area contributed by atoms with Crippen molar-refractivity contribution in [3.05, 3.63) is 70.2 Å². The first-order valence-electron chi connectivity index (χ1n) is 8.54. The first-order valence-corrected chi connectivity index (χ1v) is 11.0. The van der Waals surface area contributed by atoms with Crippen LogP contribution in [0.2, 0.25) is 0 Å². The van der Waals surface area contributed by atoms with Crippen LogP contribution >= 0.6 is 15.9 Å². The van der Waals surface area contributed by atoms with Gasteiger partial charge in [-0.1, -0.05) is 63.6 Å². The molecule has 142 valence electrons. The van der Waals surface area contributed by atoms with Gasteiger partial charge in [0.2, 0.25) is 0 Å². The van der Waals surface area contributed by atoms with E-state index in [1.54, 1.807) is 0 Å². The van der Waals surface area contributed by atoms with Gasteiger partial charge in [0.25, 0.3) is 0 Å². The number of nitrogens with zero attached hydrogens (tertiary/aromatic N) is 1. The van der Waals surface area contributed by atoms with Crippen molar-refractivity contribution in [1.29, 1.82) is 0 Å². The minimum atomic E-state index is -1.36. The monoisotopic (exact) mass is 449 g/mol. The van der Waals surface area contributed by atoms with E-state index >= 15 is 0 Å². The largest absolute Gasteiger partial charge is 0.460 e. The van der Waals surface area contributed by atoms with Gasteiger partial charge in [0.15, 0.2) is 0 Å². The van der Waals surface area contributed by atoms with Gasteiger partial charge in [-0.05, 0) is 23.3 Å². The number of hydrogen-bond donors (Lipinski definition) is 0. The Balaban J connectivity index is 1.56. The molecular formula is C20H20BrNO4S. The molecular weight excluding hydrogens is 430 g/mol. The molecule has 7 heteroatoms. The zero-order chi connectivity index (χ0) is 19.2. The summed E-state index contributed by atoms with van der Waals surface area (Å²) in [7, 11) is -1.36. The van der Waals surface area contributed by atoms with Crippen LogP contribution in [0, 0.1) is 0 Å². The number of halogens is 1. The molecule has 27 heavy (non-hydrogen) atoms. The van der Waals surface area contributed by atoms with Gasteiger partial charge in [0, 0.05) is 34.4 Å². The number of benzene rings is 2. The highest BCUT2D eigenvalue weighted by Crippen LogP contribution is 2.23. The van der Waals surface area contributed by atoms with E-state index in [1.807, 2.05) is 54.6 Å². The zero-order valence-electron chi connectivity index (χ0n) is 14.8. The van der Waals surface area contributed by atoms with Crippen molar-refractivity contribution in [1.82, 2.24) is 0 Å². The number of rotatable bonds is 7. The maximum atomic E-state index is 12.4. The van der Waals surface area contributed by atoms with E-state index in [2.05, 4.69) is 21.1 Å². The van der Waals surface area contributed by atoms with Crippen LogP contribution < -0.4 is 0 Å². The number of ether oxygens (including phenoxy) is 1. The van der Waals surface area contributed by atoms with Crippen LogP contribution in [0.15, 0.2) is 64.2 Å². The lowest BCUT2D eigenvalue weighted by Gasteiger charge is -2.16. The number of carbonyl (C=O) groups excluding carboxylic acids is 1. The van der Waals surface area contributed by atoms with Gasteiger partial charge in [0.05, 0.1) is 5.71 Å². The molecule has 0 fully saturated rings. The molecule has 3 rings (SSSR count). The SMILES string of the molecule is CS(=O)C(CC1CC(c2ccc(Br)cc2)=NO1)C(=O)OCc1ccccc1. The first-order chi connectivity index (χ1) is 13.0. The minimum Gasteiger partial charge on any atom is -0.460 e. The van der Waals surface area contributed by atoms with Crippen LogP contribution in [0.4, 0.5) is 0 Å². The first kappa shape index (κ1) is 19.8. The molecule has 3 unspecified atom stereocenters. The van der Waals surface area contributed by atoms with Crippen molar-refractivity contribution in [2.75, 3.05) is 6.26 Å². The third kappa shape index (κ3) is 5.49. The second-order valence-electron chi connectivity index (χ2n) is 6.29. The molecule has 5 nitrogen and oxygen atoms in total. The quantitative estimate of drug-likeness (QED) is 0.602. The summed E-state index contributed by atoms with van der Waals surface area (Å²) in [6, 6.07) is 17.2. The van der Waals surface area contributed by atoms with Crippen LogP contribution in [0.1, 0.15) is 24.0 Å². The van der Waals surface area contributed by atoms with E-state index in [-0.39, 0.29) is 12.7 Å². The van der Waals surface area contributed by atoms with E-state index in [4.69, 9.17) is 9.57 Å². The van der Waals surface area contributed by atoms with Gasteiger partial charge in [-0.3, -0.25) is 9.00 Å². The Hall–Kier alpha value is -1.99. The molecule has 0 amide bonds. The van der Waals surface area contributed by atoms with Gasteiger partial charge in [-0.2, -0.15) is 0 Å². The zero-order valence-corrected chi connectivity index (χ0v) is 17.2. The van der Waals surface area contributed by atoms with E-state index in [0.29, 0.717) is 12.8 Å². The molecule has 0 spiro atoms. The summed E-state index contributed by atoms with van der Waals surface area (Å²) < 4.78 is 18.4. The average molecular weight is 450 g/mol. The number of oxime groups is 1. The fourth-order valence-electron chi connectivity index (χ4n) is 2.80. The maximum absolute atomic E-state index is 12.4. The smallest absolute Gasteiger partial charge is 0.322 e. The Bertz CT molecular complexity index is 839. The molecule has 0 aliphatic carbocycles. The lowest BCUT2D eigenvalue weighted by atomic mass is 10.0. The molecule has 1 aliphatic heterocycles. The molecule has 0 N–H and O–H groups in total. The summed E-state index contributed by atoms with van der Waals surface area (Å²) >= 11 is 3.41. The topological polar surface area (TPSA) is 65.0 Å². The molecule has 2 aromatic rings. The van der Waals surface area contributed by atoms with Crippen LogP contribution in [0.25, 0.3) is 0 Å². The molecule has 0 radical (unpaired) electrons. The summed E-state index contributed by atoms with van der Waals surface area (Å²) in [6.07, 6.45) is 2.10. The highest BCUT2D eigenvalue weighted by Gasteiger charge is 2.32. The summed E-state index contributed by atoms with van der Waals surface area (Å²) in [5, 5.41) is 3.39. The van der Waals surface area contributed by atoms with Gasteiger partial charge in [0.1, 0.15) is 18.0 Å². The molecule has 0 bridgehead atoms. The van der Waals surface area contributed by atoms with E-state index in [0.717, 1.165) is 21.3 Å². The highest BCUT2D eigenvalue weighted by atomic mass is 79.9. The number of esters is 1. The lowest BCUT2D eigenvalue weighted by Crippen LogP contribution is -2.31. The number of carbonyl (C=O) groups is 1. The lowest BCUT2D eigenvalue weighted by molar-refractivity contribution is -0.145. The van der Waals surface area contributed by atoms with Crippen LogP contribution in [0.3, 0.4) is 0 Å². The van der Waals surface area contributed by atoms with Gasteiger partial charge in [-0.25, -0.2) is 0 Å². The van der Waals surface area contributed by atoms with Crippen LogP contribution in [-0.2, 0) is 31.8 Å². The third-order valence-corrected chi connectivity index (χ3v) is 5.99. The van der Waals surface area contributed by atoms with Gasteiger partial charge < -0.3 is 9.57 Å². The average Bonchev–Trinajstić information content (AvgIpc) is 3.14. The highest BCUT2D eigenvalue weighted by molar-refractivity contribution is 9.10. The summed E-state index contributed by atoms with van der Waals surface area (Å²) in [6.45, 7) is 0.166. The Labute approximate surface area is 169 Å². The Kier molecular flexibility index (Phi) is 6.79. The Morgan fingerprint density at radius 3 is 2.63 bits per heavy atom. The molecule has 0 saturated heterocycles. The minimum absolute atomic E-state index is 0.166. The standard InChI is InChI=1S/C20H20BrNO4S/c1-27(24)19(20(23)25-13-14-5-3-2-4-6-14)12-17-11-18(22-26-17)15-7-9-16(21)10-8-15/h2-10,17,19H,11-13H2,1H3. The van der Waals surface area contributed by atoms with Crippen molar-refractivity contribution in [2.24, 2.45) is 5.16 Å². The molecule has 0 saturated carbocycles. The molecule has 1 aliphatic rings. The van der Waals surface area contributed by atoms with Crippen LogP contribution in [-0.4, -0.2) is 33.5 Å². The van der Waals surface area contributed by atoms with Crippen molar-refractivity contribution in [2.45, 2.75) is 30.8 Å². The molecule has 2 aromatic carbocycles. The van der Waals surface area contributed by atoms with Gasteiger partial charge in [-0.15, -0.1) is 0 Å². The predicted molar refractivity (Wildman–Crippen MR) is 109 cm³/mol. The maximum Gasteiger partial charge on any atom is 0.322 e. The summed E-state index contributed by atoms with van der Waals surface area (Å²) in [4.78, 5) is 17.9. The van der Waals surface area contributed by atoms with Gasteiger partial charge >= 0.3 is 5.97 Å². The Morgan fingerprint density at radius 1 is 1.26 bits per heavy atom. The fourth-order valence-corrected chi connectivity index (χ4v) is 3.88. The second-order valence-corrected chi connectivity index (χ2v) is 8.77. The Morgan fingerprint density at radius 2 is 1.96 bits per heavy atom. The molecule has 1 heterocycles. The van der Waals surface area contributed by atoms with E-state index in [1.165, 1.54) is 6.26 Å². The normalized spacial score (nSPS) is 18.3. The third-order valence-electron chi connectivity index (χ3n) is 4.27. The van der Waals surface area contributed by atoms with Crippen molar-refractivity contribution in [3.8, 4) is 0 Å². The van der Waals surface area contributed by atoms with Crippen molar-refractivity contribution >= 4 is 38.4 Å². The molecule has 3 atom stereocenters. The second kappa shape index (κ2) is 9.28. The summed E-state index contributed by atoms with van der Waals surface area (Å²) in [5.41, 5.74) is 2.69. The number of hydrogen-bond acceptors (Lipinski definition) is 5. The van der Waals surface area contributed by atoms with Crippen LogP contribution in [0.5, 0.6) is 0 Å². The van der Waals surface area contributed by atoms with E-state index < -0.39 is 22.0 Å². The predicted octanol–water partition coefficient (Wildman–Crippen LogP) is 3.82. The fraction of sp³-hybridized carbons (Fsp3) is 0.300. The van der Waals surface area contributed by atoms with Crippen molar-refractivity contribution in [3.63, 3.8) is 0 Å². The summed E-state index contributed by atoms with van der Waals surface area (Å²) in [5.74, 6) is -0.472.